The van der Waals surface area contributed by atoms with Crippen LogP contribution in [0, 0.1) is 0 Å². The zero-order valence-corrected chi connectivity index (χ0v) is 17.1. The van der Waals surface area contributed by atoms with Gasteiger partial charge in [-0.1, -0.05) is 18.2 Å². The Kier molecular flexibility index (Phi) is 4.89. The van der Waals surface area contributed by atoms with Crippen LogP contribution >= 0.6 is 0 Å². The predicted molar refractivity (Wildman–Crippen MR) is 115 cm³/mol. The number of pyridine rings is 1. The van der Waals surface area contributed by atoms with Crippen LogP contribution in [0.25, 0.3) is 10.8 Å². The molecule has 2 aromatic carbocycles. The largest absolute Gasteiger partial charge is 0.348 e. The van der Waals surface area contributed by atoms with Gasteiger partial charge in [0.2, 0.25) is 11.8 Å². The molecule has 3 heterocycles. The molecule has 1 unspecified atom stereocenters. The van der Waals surface area contributed by atoms with Gasteiger partial charge in [0.25, 0.3) is 11.8 Å². The van der Waals surface area contributed by atoms with Gasteiger partial charge in [0.05, 0.1) is 0 Å². The van der Waals surface area contributed by atoms with E-state index in [4.69, 9.17) is 0 Å². The molecule has 0 radical (unpaired) electrons. The maximum Gasteiger partial charge on any atom is 0.255 e. The Bertz CT molecular complexity index is 1290. The zero-order valence-electron chi connectivity index (χ0n) is 17.1. The van der Waals surface area contributed by atoms with Gasteiger partial charge in [-0.25, -0.2) is 0 Å². The van der Waals surface area contributed by atoms with Gasteiger partial charge in [-0.15, -0.1) is 0 Å². The molecule has 0 bridgehead atoms. The third-order valence-corrected chi connectivity index (χ3v) is 5.94. The number of nitrogens with one attached hydrogen (secondary N) is 2. The summed E-state index contributed by atoms with van der Waals surface area (Å²) in [6.07, 6.45) is 3.98. The van der Waals surface area contributed by atoms with E-state index in [-0.39, 0.29) is 24.1 Å². The molecule has 3 aromatic rings. The Balaban J connectivity index is 1.27. The summed E-state index contributed by atoms with van der Waals surface area (Å²) in [7, 11) is 0. The molecule has 0 spiro atoms. The Morgan fingerprint density at radius 3 is 2.81 bits per heavy atom. The van der Waals surface area contributed by atoms with Crippen molar-refractivity contribution in [1.29, 1.82) is 0 Å². The van der Waals surface area contributed by atoms with Crippen molar-refractivity contribution >= 4 is 34.4 Å². The van der Waals surface area contributed by atoms with Gasteiger partial charge in [-0.05, 0) is 47.2 Å². The Labute approximate surface area is 183 Å². The Morgan fingerprint density at radius 1 is 1.09 bits per heavy atom. The van der Waals surface area contributed by atoms with E-state index >= 15 is 0 Å². The summed E-state index contributed by atoms with van der Waals surface area (Å²) in [5.41, 5.74) is 2.76. The number of carbonyl (C=O) groups is 4. The van der Waals surface area contributed by atoms with E-state index < -0.39 is 11.9 Å². The van der Waals surface area contributed by atoms with Crippen LogP contribution in [-0.2, 0) is 22.7 Å². The molecule has 2 N–H and O–H groups in total. The second-order valence-electron chi connectivity index (χ2n) is 8.01. The van der Waals surface area contributed by atoms with Crippen molar-refractivity contribution < 1.29 is 19.2 Å². The quantitative estimate of drug-likeness (QED) is 0.618. The van der Waals surface area contributed by atoms with Crippen LogP contribution in [0.2, 0.25) is 0 Å². The van der Waals surface area contributed by atoms with E-state index in [0.717, 1.165) is 21.9 Å². The van der Waals surface area contributed by atoms with Crippen molar-refractivity contribution in [3.8, 4) is 0 Å². The maximum atomic E-state index is 12.8. The summed E-state index contributed by atoms with van der Waals surface area (Å²) in [4.78, 5) is 54.6. The molecule has 2 aliphatic rings. The molecule has 32 heavy (non-hydrogen) atoms. The van der Waals surface area contributed by atoms with E-state index in [1.807, 2.05) is 18.2 Å². The van der Waals surface area contributed by atoms with Crippen molar-refractivity contribution in [3.05, 3.63) is 77.1 Å². The van der Waals surface area contributed by atoms with Crippen molar-refractivity contribution in [2.24, 2.45) is 0 Å². The Morgan fingerprint density at radius 2 is 1.97 bits per heavy atom. The SMILES string of the molecule is O=C1CCC(N2Cc3cc(CNC(=O)c4ccc5ccncc5c4)ccc3C2=O)C(=O)N1. The average molecular weight is 428 g/mol. The highest BCUT2D eigenvalue weighted by Crippen LogP contribution is 2.28. The smallest absolute Gasteiger partial charge is 0.255 e. The van der Waals surface area contributed by atoms with E-state index in [9.17, 15) is 19.2 Å². The van der Waals surface area contributed by atoms with Gasteiger partial charge in [-0.2, -0.15) is 0 Å². The summed E-state index contributed by atoms with van der Waals surface area (Å²) in [6, 6.07) is 12.1. The predicted octanol–water partition coefficient (Wildman–Crippen LogP) is 1.93. The normalized spacial score (nSPS) is 17.9. The molecular formula is C24H20N4O4. The van der Waals surface area contributed by atoms with Crippen LogP contribution in [0.5, 0.6) is 0 Å². The molecule has 5 rings (SSSR count). The van der Waals surface area contributed by atoms with Gasteiger partial charge in [0.1, 0.15) is 6.04 Å². The number of benzene rings is 2. The lowest BCUT2D eigenvalue weighted by molar-refractivity contribution is -0.136. The standard InChI is InChI=1S/C24H20N4O4/c29-21-6-5-20(23(31)27-21)28-13-18-9-14(1-4-19(18)24(28)32)11-26-22(30)16-3-2-15-7-8-25-12-17(15)10-16/h1-4,7-10,12,20H,5-6,11,13H2,(H,26,30)(H,27,29,31). The molecule has 1 saturated heterocycles. The van der Waals surface area contributed by atoms with Crippen molar-refractivity contribution in [2.45, 2.75) is 32.0 Å². The van der Waals surface area contributed by atoms with E-state index in [1.54, 1.807) is 36.7 Å². The van der Waals surface area contributed by atoms with Gasteiger partial charge < -0.3 is 10.2 Å². The minimum atomic E-state index is -0.641. The first-order valence-electron chi connectivity index (χ1n) is 10.4. The number of carbonyl (C=O) groups excluding carboxylic acids is 4. The summed E-state index contributed by atoms with van der Waals surface area (Å²) in [5.74, 6) is -1.15. The van der Waals surface area contributed by atoms with Crippen LogP contribution in [-0.4, -0.2) is 39.6 Å². The molecule has 1 atom stereocenters. The second-order valence-corrected chi connectivity index (χ2v) is 8.01. The highest BCUT2D eigenvalue weighted by atomic mass is 16.2. The molecule has 8 heteroatoms. The first kappa shape index (κ1) is 19.9. The lowest BCUT2D eigenvalue weighted by Crippen LogP contribution is -2.52. The highest BCUT2D eigenvalue weighted by Gasteiger charge is 2.39. The molecule has 0 aliphatic carbocycles. The fourth-order valence-corrected chi connectivity index (χ4v) is 4.25. The molecule has 4 amide bonds. The molecule has 1 aromatic heterocycles. The fraction of sp³-hybridized carbons (Fsp3) is 0.208. The number of hydrogen-bond acceptors (Lipinski definition) is 5. The van der Waals surface area contributed by atoms with Gasteiger partial charge in [0, 0.05) is 48.4 Å². The number of piperidine rings is 1. The lowest BCUT2D eigenvalue weighted by atomic mass is 10.0. The van der Waals surface area contributed by atoms with Gasteiger partial charge in [0.15, 0.2) is 0 Å². The van der Waals surface area contributed by atoms with Crippen LogP contribution in [0.3, 0.4) is 0 Å². The van der Waals surface area contributed by atoms with Crippen LogP contribution in [0.15, 0.2) is 54.9 Å². The molecule has 1 fully saturated rings. The zero-order chi connectivity index (χ0) is 22.2. The van der Waals surface area contributed by atoms with Gasteiger partial charge >= 0.3 is 0 Å². The minimum absolute atomic E-state index is 0.197. The molecular weight excluding hydrogens is 408 g/mol. The van der Waals surface area contributed by atoms with Crippen LogP contribution in [0.1, 0.15) is 44.7 Å². The third-order valence-electron chi connectivity index (χ3n) is 5.94. The monoisotopic (exact) mass is 428 g/mol. The molecule has 2 aliphatic heterocycles. The van der Waals surface area contributed by atoms with E-state index in [0.29, 0.717) is 30.6 Å². The number of rotatable bonds is 4. The van der Waals surface area contributed by atoms with Crippen molar-refractivity contribution in [1.82, 2.24) is 20.5 Å². The lowest BCUT2D eigenvalue weighted by Gasteiger charge is -2.29. The number of imide groups is 1. The van der Waals surface area contributed by atoms with Crippen LogP contribution in [0.4, 0.5) is 0 Å². The summed E-state index contributed by atoms with van der Waals surface area (Å²) in [6.45, 7) is 0.615. The number of hydrogen-bond donors (Lipinski definition) is 2. The van der Waals surface area contributed by atoms with Crippen molar-refractivity contribution in [3.63, 3.8) is 0 Å². The minimum Gasteiger partial charge on any atom is -0.348 e. The summed E-state index contributed by atoms with van der Waals surface area (Å²) >= 11 is 0. The highest BCUT2D eigenvalue weighted by molar-refractivity contribution is 6.05. The van der Waals surface area contributed by atoms with E-state index in [2.05, 4.69) is 15.6 Å². The molecule has 0 saturated carbocycles. The van der Waals surface area contributed by atoms with Crippen molar-refractivity contribution in [2.75, 3.05) is 0 Å². The average Bonchev–Trinajstić information content (AvgIpc) is 3.12. The number of aromatic nitrogens is 1. The first-order valence-corrected chi connectivity index (χ1v) is 10.4. The Hall–Kier alpha value is -4.07. The number of nitrogens with zero attached hydrogens (tertiary/aromatic N) is 2. The summed E-state index contributed by atoms with van der Waals surface area (Å²) in [5, 5.41) is 7.12. The van der Waals surface area contributed by atoms with E-state index in [1.165, 1.54) is 4.90 Å². The molecule has 8 nitrogen and oxygen atoms in total. The fourth-order valence-electron chi connectivity index (χ4n) is 4.25. The third kappa shape index (κ3) is 3.60. The molecule has 160 valence electrons. The number of fused-ring (bicyclic) bond motifs is 2. The van der Waals surface area contributed by atoms with Gasteiger partial charge in [-0.3, -0.25) is 29.5 Å². The second kappa shape index (κ2) is 7.88. The van der Waals surface area contributed by atoms with Crippen LogP contribution < -0.4 is 10.6 Å². The topological polar surface area (TPSA) is 108 Å². The number of amides is 4. The summed E-state index contributed by atoms with van der Waals surface area (Å²) < 4.78 is 0. The first-order chi connectivity index (χ1) is 15.5. The maximum absolute atomic E-state index is 12.8.